The highest BCUT2D eigenvalue weighted by Gasteiger charge is 2.18. The van der Waals surface area contributed by atoms with Crippen LogP contribution in [0.15, 0.2) is 24.5 Å². The van der Waals surface area contributed by atoms with E-state index >= 15 is 0 Å². The standard InChI is InChI=1S/C15H20N4/c1-9-7-17-15(18-8-9)14(19-16)13-6-11(3)10(2)5-12(13)4/h5-8,14,19H,16H2,1-4H3. The number of rotatable bonds is 3. The summed E-state index contributed by atoms with van der Waals surface area (Å²) >= 11 is 0. The molecule has 1 aromatic heterocycles. The second kappa shape index (κ2) is 5.47. The lowest BCUT2D eigenvalue weighted by Crippen LogP contribution is -2.31. The van der Waals surface area contributed by atoms with Crippen molar-refractivity contribution in [1.29, 1.82) is 0 Å². The number of nitrogens with two attached hydrogens (primary N) is 1. The van der Waals surface area contributed by atoms with E-state index in [-0.39, 0.29) is 6.04 Å². The van der Waals surface area contributed by atoms with Gasteiger partial charge in [0.1, 0.15) is 6.04 Å². The normalized spacial score (nSPS) is 12.5. The maximum atomic E-state index is 5.70. The maximum Gasteiger partial charge on any atom is 0.150 e. The largest absolute Gasteiger partial charge is 0.270 e. The monoisotopic (exact) mass is 256 g/mol. The quantitative estimate of drug-likeness (QED) is 0.653. The number of nitrogens with one attached hydrogen (secondary N) is 1. The molecule has 4 nitrogen and oxygen atoms in total. The van der Waals surface area contributed by atoms with Crippen LogP contribution in [0.5, 0.6) is 0 Å². The minimum absolute atomic E-state index is 0.181. The van der Waals surface area contributed by atoms with Crippen molar-refractivity contribution in [2.24, 2.45) is 5.84 Å². The van der Waals surface area contributed by atoms with Gasteiger partial charge >= 0.3 is 0 Å². The third-order valence-corrected chi connectivity index (χ3v) is 3.42. The average molecular weight is 256 g/mol. The number of nitrogens with zero attached hydrogens (tertiary/aromatic N) is 2. The van der Waals surface area contributed by atoms with Crippen LogP contribution in [-0.2, 0) is 0 Å². The van der Waals surface area contributed by atoms with Gasteiger partial charge in [0.2, 0.25) is 0 Å². The zero-order chi connectivity index (χ0) is 14.0. The number of aryl methyl sites for hydroxylation is 4. The first-order valence-electron chi connectivity index (χ1n) is 6.35. The number of benzene rings is 1. The summed E-state index contributed by atoms with van der Waals surface area (Å²) in [5, 5.41) is 0. The first-order chi connectivity index (χ1) is 9.02. The van der Waals surface area contributed by atoms with Crippen molar-refractivity contribution >= 4 is 0 Å². The zero-order valence-corrected chi connectivity index (χ0v) is 11.9. The molecule has 0 saturated carbocycles. The van der Waals surface area contributed by atoms with Crippen molar-refractivity contribution in [1.82, 2.24) is 15.4 Å². The summed E-state index contributed by atoms with van der Waals surface area (Å²) < 4.78 is 0. The molecule has 2 aromatic rings. The Labute approximate surface area is 114 Å². The Morgan fingerprint density at radius 2 is 1.53 bits per heavy atom. The molecule has 0 aliphatic rings. The van der Waals surface area contributed by atoms with Crippen molar-refractivity contribution < 1.29 is 0 Å². The van der Waals surface area contributed by atoms with E-state index in [1.54, 1.807) is 0 Å². The molecule has 0 amide bonds. The topological polar surface area (TPSA) is 63.8 Å². The van der Waals surface area contributed by atoms with Gasteiger partial charge in [0, 0.05) is 12.4 Å². The Morgan fingerprint density at radius 1 is 0.947 bits per heavy atom. The number of aromatic nitrogens is 2. The van der Waals surface area contributed by atoms with Crippen LogP contribution in [0.3, 0.4) is 0 Å². The first-order valence-corrected chi connectivity index (χ1v) is 6.35. The van der Waals surface area contributed by atoms with Gasteiger partial charge in [0.15, 0.2) is 5.82 Å². The third kappa shape index (κ3) is 2.80. The summed E-state index contributed by atoms with van der Waals surface area (Å²) in [5.74, 6) is 6.40. The van der Waals surface area contributed by atoms with Crippen molar-refractivity contribution in [2.45, 2.75) is 33.7 Å². The van der Waals surface area contributed by atoms with Crippen LogP contribution in [0.25, 0.3) is 0 Å². The molecule has 1 atom stereocenters. The molecule has 0 aliphatic carbocycles. The summed E-state index contributed by atoms with van der Waals surface area (Å²) in [6, 6.07) is 4.14. The second-order valence-electron chi connectivity index (χ2n) is 5.01. The van der Waals surface area contributed by atoms with E-state index in [0.717, 1.165) is 11.1 Å². The minimum atomic E-state index is -0.181. The fourth-order valence-electron chi connectivity index (χ4n) is 2.15. The fraction of sp³-hybridized carbons (Fsp3) is 0.333. The Morgan fingerprint density at radius 3 is 2.11 bits per heavy atom. The highest BCUT2D eigenvalue weighted by molar-refractivity contribution is 5.40. The van der Waals surface area contributed by atoms with Crippen molar-refractivity contribution in [3.05, 3.63) is 58.2 Å². The van der Waals surface area contributed by atoms with E-state index in [0.29, 0.717) is 5.82 Å². The van der Waals surface area contributed by atoms with E-state index in [4.69, 9.17) is 5.84 Å². The van der Waals surface area contributed by atoms with Crippen molar-refractivity contribution in [3.63, 3.8) is 0 Å². The predicted octanol–water partition coefficient (Wildman–Crippen LogP) is 2.26. The summed E-state index contributed by atoms with van der Waals surface area (Å²) in [7, 11) is 0. The molecular weight excluding hydrogens is 236 g/mol. The summed E-state index contributed by atoms with van der Waals surface area (Å²) in [5.41, 5.74) is 8.69. The molecule has 100 valence electrons. The molecule has 0 spiro atoms. The molecule has 1 aromatic carbocycles. The third-order valence-electron chi connectivity index (χ3n) is 3.42. The van der Waals surface area contributed by atoms with Gasteiger partial charge in [-0.25, -0.2) is 15.4 Å². The van der Waals surface area contributed by atoms with Gasteiger partial charge in [-0.1, -0.05) is 12.1 Å². The molecule has 19 heavy (non-hydrogen) atoms. The fourth-order valence-corrected chi connectivity index (χ4v) is 2.15. The Balaban J connectivity index is 2.47. The molecule has 0 aliphatic heterocycles. The first kappa shape index (κ1) is 13.6. The van der Waals surface area contributed by atoms with Crippen LogP contribution in [0.4, 0.5) is 0 Å². The highest BCUT2D eigenvalue weighted by atomic mass is 15.2. The van der Waals surface area contributed by atoms with Crippen LogP contribution >= 0.6 is 0 Å². The Kier molecular flexibility index (Phi) is 3.93. The molecule has 1 unspecified atom stereocenters. The molecule has 0 fully saturated rings. The summed E-state index contributed by atoms with van der Waals surface area (Å²) in [6.07, 6.45) is 3.62. The van der Waals surface area contributed by atoms with Gasteiger partial charge in [-0.05, 0) is 55.5 Å². The van der Waals surface area contributed by atoms with Gasteiger partial charge in [-0.15, -0.1) is 0 Å². The molecule has 0 radical (unpaired) electrons. The zero-order valence-electron chi connectivity index (χ0n) is 11.9. The molecule has 1 heterocycles. The molecule has 4 heteroatoms. The smallest absolute Gasteiger partial charge is 0.150 e. The molecule has 0 bridgehead atoms. The lowest BCUT2D eigenvalue weighted by molar-refractivity contribution is 0.597. The van der Waals surface area contributed by atoms with Crippen LogP contribution in [0.1, 0.15) is 39.7 Å². The molecule has 3 N–H and O–H groups in total. The van der Waals surface area contributed by atoms with Crippen LogP contribution < -0.4 is 11.3 Å². The van der Waals surface area contributed by atoms with Gasteiger partial charge in [-0.2, -0.15) is 0 Å². The molecule has 0 saturated heterocycles. The second-order valence-corrected chi connectivity index (χ2v) is 5.01. The molecule has 2 rings (SSSR count). The molecular formula is C15H20N4. The van der Waals surface area contributed by atoms with Gasteiger partial charge in [-0.3, -0.25) is 5.84 Å². The van der Waals surface area contributed by atoms with E-state index in [2.05, 4.69) is 48.3 Å². The Bertz CT molecular complexity index is 575. The minimum Gasteiger partial charge on any atom is -0.270 e. The van der Waals surface area contributed by atoms with E-state index in [1.807, 2.05) is 19.3 Å². The van der Waals surface area contributed by atoms with E-state index < -0.39 is 0 Å². The van der Waals surface area contributed by atoms with Gasteiger partial charge in [0.05, 0.1) is 0 Å². The lowest BCUT2D eigenvalue weighted by Gasteiger charge is -2.19. The Hall–Kier alpha value is -1.78. The predicted molar refractivity (Wildman–Crippen MR) is 76.6 cm³/mol. The van der Waals surface area contributed by atoms with Gasteiger partial charge < -0.3 is 0 Å². The van der Waals surface area contributed by atoms with Crippen LogP contribution in [0.2, 0.25) is 0 Å². The lowest BCUT2D eigenvalue weighted by atomic mass is 9.95. The van der Waals surface area contributed by atoms with E-state index in [1.165, 1.54) is 16.7 Å². The average Bonchev–Trinajstić information content (AvgIpc) is 2.38. The van der Waals surface area contributed by atoms with E-state index in [9.17, 15) is 0 Å². The van der Waals surface area contributed by atoms with Crippen LogP contribution in [-0.4, -0.2) is 9.97 Å². The number of hydrazine groups is 1. The summed E-state index contributed by atoms with van der Waals surface area (Å²) in [4.78, 5) is 8.73. The van der Waals surface area contributed by atoms with Crippen LogP contribution in [0, 0.1) is 27.7 Å². The number of hydrogen-bond acceptors (Lipinski definition) is 4. The van der Waals surface area contributed by atoms with Crippen molar-refractivity contribution in [3.8, 4) is 0 Å². The summed E-state index contributed by atoms with van der Waals surface area (Å²) in [6.45, 7) is 8.26. The van der Waals surface area contributed by atoms with Gasteiger partial charge in [0.25, 0.3) is 0 Å². The SMILES string of the molecule is Cc1cnc(C(NN)c2cc(C)c(C)cc2C)nc1. The highest BCUT2D eigenvalue weighted by Crippen LogP contribution is 2.24. The maximum absolute atomic E-state index is 5.70. The van der Waals surface area contributed by atoms with Crippen molar-refractivity contribution in [2.75, 3.05) is 0 Å². The number of hydrogen-bond donors (Lipinski definition) is 2.